The minimum Gasteiger partial charge on any atom is -0.390 e. The zero-order chi connectivity index (χ0) is 10.6. The van der Waals surface area contributed by atoms with Crippen molar-refractivity contribution in [2.24, 2.45) is 5.73 Å². The van der Waals surface area contributed by atoms with E-state index in [-0.39, 0.29) is 11.6 Å². The molecule has 0 aliphatic heterocycles. The van der Waals surface area contributed by atoms with E-state index in [0.29, 0.717) is 12.2 Å². The van der Waals surface area contributed by atoms with Crippen LogP contribution in [0.25, 0.3) is 0 Å². The number of hydrogen-bond donors (Lipinski definition) is 3. The lowest BCUT2D eigenvalue weighted by Crippen LogP contribution is -2.27. The zero-order valence-corrected chi connectivity index (χ0v) is 8.26. The summed E-state index contributed by atoms with van der Waals surface area (Å²) in [4.78, 5) is 0. The molecule has 0 saturated carbocycles. The van der Waals surface area contributed by atoms with Gasteiger partial charge in [-0.3, -0.25) is 0 Å². The van der Waals surface area contributed by atoms with Gasteiger partial charge in [-0.2, -0.15) is 0 Å². The third kappa shape index (κ3) is 3.14. The summed E-state index contributed by atoms with van der Waals surface area (Å²) < 4.78 is 12.7. The van der Waals surface area contributed by atoms with Gasteiger partial charge < -0.3 is 16.2 Å². The third-order valence-corrected chi connectivity index (χ3v) is 2.02. The van der Waals surface area contributed by atoms with Gasteiger partial charge in [-0.05, 0) is 18.2 Å². The zero-order valence-electron chi connectivity index (χ0n) is 7.50. The number of anilines is 1. The highest BCUT2D eigenvalue weighted by Crippen LogP contribution is 2.19. The Labute approximate surface area is 86.7 Å². The Hall–Kier alpha value is -0.840. The van der Waals surface area contributed by atoms with E-state index in [1.54, 1.807) is 6.07 Å². The molecule has 4 N–H and O–H groups in total. The molecule has 14 heavy (non-hydrogen) atoms. The smallest absolute Gasteiger partial charge is 0.141 e. The van der Waals surface area contributed by atoms with E-state index in [1.165, 1.54) is 12.1 Å². The summed E-state index contributed by atoms with van der Waals surface area (Å²) >= 11 is 5.56. The van der Waals surface area contributed by atoms with Gasteiger partial charge in [-0.1, -0.05) is 11.6 Å². The first kappa shape index (κ1) is 11.2. The van der Waals surface area contributed by atoms with Crippen LogP contribution in [0.5, 0.6) is 0 Å². The Morgan fingerprint density at radius 2 is 2.29 bits per heavy atom. The SMILES string of the molecule is NCC(O)CNc1ccc(F)c(Cl)c1. The molecule has 1 unspecified atom stereocenters. The number of halogens is 2. The first-order valence-corrected chi connectivity index (χ1v) is 4.58. The molecule has 0 aliphatic rings. The Morgan fingerprint density at radius 1 is 1.57 bits per heavy atom. The number of aliphatic hydroxyl groups excluding tert-OH is 1. The van der Waals surface area contributed by atoms with Gasteiger partial charge in [0, 0.05) is 18.8 Å². The van der Waals surface area contributed by atoms with E-state index in [2.05, 4.69) is 5.32 Å². The Balaban J connectivity index is 2.55. The van der Waals surface area contributed by atoms with Crippen molar-refractivity contribution in [1.82, 2.24) is 0 Å². The van der Waals surface area contributed by atoms with Gasteiger partial charge in [0.1, 0.15) is 5.82 Å². The molecule has 0 spiro atoms. The maximum Gasteiger partial charge on any atom is 0.141 e. The minimum atomic E-state index is -0.612. The summed E-state index contributed by atoms with van der Waals surface area (Å²) in [6.07, 6.45) is -0.612. The predicted octanol–water partition coefficient (Wildman–Crippen LogP) is 1.21. The first-order chi connectivity index (χ1) is 6.63. The lowest BCUT2D eigenvalue weighted by atomic mass is 10.3. The van der Waals surface area contributed by atoms with Crippen LogP contribution in [0.3, 0.4) is 0 Å². The largest absolute Gasteiger partial charge is 0.390 e. The van der Waals surface area contributed by atoms with E-state index < -0.39 is 11.9 Å². The van der Waals surface area contributed by atoms with Gasteiger partial charge in [-0.25, -0.2) is 4.39 Å². The van der Waals surface area contributed by atoms with Crippen LogP contribution in [0.4, 0.5) is 10.1 Å². The minimum absolute atomic E-state index is 0.0530. The quantitative estimate of drug-likeness (QED) is 0.712. The summed E-state index contributed by atoms with van der Waals surface area (Å²) in [5.41, 5.74) is 5.87. The fourth-order valence-electron chi connectivity index (χ4n) is 0.925. The van der Waals surface area contributed by atoms with Crippen LogP contribution in [0, 0.1) is 5.82 Å². The van der Waals surface area contributed by atoms with E-state index in [1.807, 2.05) is 0 Å². The summed E-state index contributed by atoms with van der Waals surface area (Å²) in [7, 11) is 0. The molecule has 0 saturated heterocycles. The normalized spacial score (nSPS) is 12.6. The molecule has 0 fully saturated rings. The van der Waals surface area contributed by atoms with Gasteiger partial charge in [0.05, 0.1) is 11.1 Å². The molecule has 0 bridgehead atoms. The van der Waals surface area contributed by atoms with Crippen LogP contribution >= 0.6 is 11.6 Å². The highest BCUT2D eigenvalue weighted by atomic mass is 35.5. The molecule has 3 nitrogen and oxygen atoms in total. The van der Waals surface area contributed by atoms with Gasteiger partial charge in [0.15, 0.2) is 0 Å². The molecule has 0 amide bonds. The van der Waals surface area contributed by atoms with Gasteiger partial charge in [0.2, 0.25) is 0 Å². The molecule has 1 aromatic carbocycles. The number of aliphatic hydroxyl groups is 1. The summed E-state index contributed by atoms with van der Waals surface area (Å²) in [6, 6.07) is 4.27. The van der Waals surface area contributed by atoms with Crippen molar-refractivity contribution < 1.29 is 9.50 Å². The van der Waals surface area contributed by atoms with Crippen LogP contribution in [0.2, 0.25) is 5.02 Å². The fraction of sp³-hybridized carbons (Fsp3) is 0.333. The highest BCUT2D eigenvalue weighted by Gasteiger charge is 2.03. The van der Waals surface area contributed by atoms with Crippen LogP contribution in [-0.4, -0.2) is 24.3 Å². The van der Waals surface area contributed by atoms with Crippen molar-refractivity contribution in [1.29, 1.82) is 0 Å². The van der Waals surface area contributed by atoms with E-state index in [4.69, 9.17) is 22.4 Å². The molecular formula is C9H12ClFN2O. The molecule has 1 atom stereocenters. The maximum absolute atomic E-state index is 12.7. The topological polar surface area (TPSA) is 58.3 Å². The average molecular weight is 219 g/mol. The maximum atomic E-state index is 12.7. The van der Waals surface area contributed by atoms with Crippen molar-refractivity contribution in [3.63, 3.8) is 0 Å². The summed E-state index contributed by atoms with van der Waals surface area (Å²) in [5.74, 6) is -0.461. The van der Waals surface area contributed by atoms with E-state index in [9.17, 15) is 4.39 Å². The standard InChI is InChI=1S/C9H12ClFN2O/c10-8-3-6(1-2-9(8)11)13-5-7(14)4-12/h1-3,7,13-14H,4-5,12H2. The van der Waals surface area contributed by atoms with Gasteiger partial charge in [0.25, 0.3) is 0 Å². The molecule has 0 aromatic heterocycles. The Kier molecular flexibility index (Phi) is 4.13. The van der Waals surface area contributed by atoms with Gasteiger partial charge >= 0.3 is 0 Å². The second kappa shape index (κ2) is 5.14. The highest BCUT2D eigenvalue weighted by molar-refractivity contribution is 6.31. The van der Waals surface area contributed by atoms with Crippen molar-refractivity contribution in [3.05, 3.63) is 29.0 Å². The van der Waals surface area contributed by atoms with Crippen molar-refractivity contribution in [2.75, 3.05) is 18.4 Å². The molecule has 0 aliphatic carbocycles. The summed E-state index contributed by atoms with van der Waals surface area (Å²) in [5, 5.41) is 12.1. The van der Waals surface area contributed by atoms with E-state index >= 15 is 0 Å². The van der Waals surface area contributed by atoms with Crippen molar-refractivity contribution in [2.45, 2.75) is 6.10 Å². The number of nitrogens with two attached hydrogens (primary N) is 1. The van der Waals surface area contributed by atoms with Crippen LogP contribution in [0.1, 0.15) is 0 Å². The molecule has 0 heterocycles. The first-order valence-electron chi connectivity index (χ1n) is 4.20. The van der Waals surface area contributed by atoms with Crippen molar-refractivity contribution in [3.8, 4) is 0 Å². The Bertz CT molecular complexity index is 309. The number of rotatable bonds is 4. The molecule has 0 radical (unpaired) electrons. The monoisotopic (exact) mass is 218 g/mol. The molecule has 1 rings (SSSR count). The second-order valence-electron chi connectivity index (χ2n) is 2.90. The second-order valence-corrected chi connectivity index (χ2v) is 3.31. The van der Waals surface area contributed by atoms with E-state index in [0.717, 1.165) is 0 Å². The molecule has 5 heteroatoms. The third-order valence-electron chi connectivity index (χ3n) is 1.73. The van der Waals surface area contributed by atoms with Crippen LogP contribution in [-0.2, 0) is 0 Å². The number of hydrogen-bond acceptors (Lipinski definition) is 3. The molecule has 1 aromatic rings. The fourth-order valence-corrected chi connectivity index (χ4v) is 1.11. The average Bonchev–Trinajstić information content (AvgIpc) is 2.19. The summed E-state index contributed by atoms with van der Waals surface area (Å²) in [6.45, 7) is 0.500. The predicted molar refractivity (Wildman–Crippen MR) is 55.0 cm³/mol. The number of benzene rings is 1. The van der Waals surface area contributed by atoms with Crippen LogP contribution < -0.4 is 11.1 Å². The Morgan fingerprint density at radius 3 is 2.86 bits per heavy atom. The van der Waals surface area contributed by atoms with Crippen molar-refractivity contribution >= 4 is 17.3 Å². The lowest BCUT2D eigenvalue weighted by molar-refractivity contribution is 0.196. The lowest BCUT2D eigenvalue weighted by Gasteiger charge is -2.10. The van der Waals surface area contributed by atoms with Gasteiger partial charge in [-0.15, -0.1) is 0 Å². The molecule has 78 valence electrons. The number of nitrogens with one attached hydrogen (secondary N) is 1. The van der Waals surface area contributed by atoms with Crippen LogP contribution in [0.15, 0.2) is 18.2 Å². The molecular weight excluding hydrogens is 207 g/mol.